The van der Waals surface area contributed by atoms with Crippen LogP contribution < -0.4 is 0 Å². The van der Waals surface area contributed by atoms with Gasteiger partial charge >= 0.3 is 5.97 Å². The second kappa shape index (κ2) is 5.78. The molecule has 2 nitrogen and oxygen atoms in total. The maximum atomic E-state index is 10.6. The Labute approximate surface area is 96.8 Å². The van der Waals surface area contributed by atoms with E-state index in [0.29, 0.717) is 11.7 Å². The smallest absolute Gasteiger partial charge is 0.304 e. The third kappa shape index (κ3) is 4.45. The molecule has 0 saturated heterocycles. The Morgan fingerprint density at radius 1 is 1.40 bits per heavy atom. The van der Waals surface area contributed by atoms with Gasteiger partial charge in [-0.15, -0.1) is 0 Å². The van der Waals surface area contributed by atoms with Gasteiger partial charge in [-0.3, -0.25) is 4.79 Å². The molecule has 3 heteroatoms. The molecule has 0 heterocycles. The summed E-state index contributed by atoms with van der Waals surface area (Å²) >= 11 is 1.87. The molecule has 4 unspecified atom stereocenters. The number of hydrogen-bond donors (Lipinski definition) is 1. The number of thioether (sulfide) groups is 1. The van der Waals surface area contributed by atoms with Crippen molar-refractivity contribution in [3.8, 4) is 0 Å². The third-order valence-corrected chi connectivity index (χ3v) is 4.88. The van der Waals surface area contributed by atoms with Crippen molar-refractivity contribution < 1.29 is 9.90 Å². The Balaban J connectivity index is 2.30. The van der Waals surface area contributed by atoms with E-state index in [-0.39, 0.29) is 5.25 Å². The van der Waals surface area contributed by atoms with Crippen molar-refractivity contribution >= 4 is 17.7 Å². The second-order valence-electron chi connectivity index (χ2n) is 4.93. The zero-order valence-electron chi connectivity index (χ0n) is 9.90. The quantitative estimate of drug-likeness (QED) is 0.804. The maximum Gasteiger partial charge on any atom is 0.304 e. The molecule has 0 amide bonds. The van der Waals surface area contributed by atoms with Crippen LogP contribution in [-0.4, -0.2) is 21.6 Å². The lowest BCUT2D eigenvalue weighted by Crippen LogP contribution is -2.24. The lowest BCUT2D eigenvalue weighted by atomic mass is 9.81. The van der Waals surface area contributed by atoms with Gasteiger partial charge in [0.25, 0.3) is 0 Å². The Morgan fingerprint density at radius 3 is 2.60 bits per heavy atom. The normalized spacial score (nSPS) is 33.7. The lowest BCUT2D eigenvalue weighted by Gasteiger charge is -2.32. The molecule has 1 aliphatic carbocycles. The number of carboxylic acid groups (broad SMARTS) is 1. The van der Waals surface area contributed by atoms with Gasteiger partial charge in [0.05, 0.1) is 6.42 Å². The summed E-state index contributed by atoms with van der Waals surface area (Å²) in [4.78, 5) is 10.6. The first-order chi connectivity index (χ1) is 6.99. The third-order valence-electron chi connectivity index (χ3n) is 3.44. The number of carbonyl (C=O) groups is 1. The fourth-order valence-electron chi connectivity index (χ4n) is 2.24. The van der Waals surface area contributed by atoms with Gasteiger partial charge in [0.15, 0.2) is 0 Å². The van der Waals surface area contributed by atoms with Crippen LogP contribution in [-0.2, 0) is 4.79 Å². The number of hydrogen-bond acceptors (Lipinski definition) is 2. The van der Waals surface area contributed by atoms with Crippen molar-refractivity contribution in [1.82, 2.24) is 0 Å². The SMILES string of the molecule is CC(CC(=O)O)SC1CCC(C)C(C)C1. The predicted octanol–water partition coefficient (Wildman–Crippen LogP) is 3.41. The molecule has 1 fully saturated rings. The minimum Gasteiger partial charge on any atom is -0.481 e. The summed E-state index contributed by atoms with van der Waals surface area (Å²) < 4.78 is 0. The van der Waals surface area contributed by atoms with Crippen LogP contribution >= 0.6 is 11.8 Å². The first-order valence-corrected chi connectivity index (χ1v) is 6.80. The Bertz CT molecular complexity index is 218. The fraction of sp³-hybridized carbons (Fsp3) is 0.917. The Hall–Kier alpha value is -0.180. The van der Waals surface area contributed by atoms with E-state index in [1.54, 1.807) is 0 Å². The summed E-state index contributed by atoms with van der Waals surface area (Å²) in [5, 5.41) is 9.64. The van der Waals surface area contributed by atoms with Crippen LogP contribution in [0.25, 0.3) is 0 Å². The van der Waals surface area contributed by atoms with Crippen LogP contribution in [0.4, 0.5) is 0 Å². The summed E-state index contributed by atoms with van der Waals surface area (Å²) in [6.45, 7) is 6.67. The minimum absolute atomic E-state index is 0.258. The fourth-order valence-corrected chi connectivity index (χ4v) is 3.83. The summed E-state index contributed by atoms with van der Waals surface area (Å²) in [6, 6.07) is 0. The van der Waals surface area contributed by atoms with Crippen LogP contribution in [0.15, 0.2) is 0 Å². The van der Waals surface area contributed by atoms with Crippen molar-refractivity contribution in [2.24, 2.45) is 11.8 Å². The molecule has 1 rings (SSSR count). The first kappa shape index (κ1) is 12.9. The molecular formula is C12H22O2S. The standard InChI is InChI=1S/C12H22O2S/c1-8-4-5-11(6-9(8)2)15-10(3)7-12(13)14/h8-11H,4-7H2,1-3H3,(H,13,14). The molecule has 15 heavy (non-hydrogen) atoms. The zero-order chi connectivity index (χ0) is 11.4. The van der Waals surface area contributed by atoms with Gasteiger partial charge in [0.1, 0.15) is 0 Å². The van der Waals surface area contributed by atoms with Gasteiger partial charge in [-0.2, -0.15) is 11.8 Å². The van der Waals surface area contributed by atoms with Crippen LogP contribution in [0.3, 0.4) is 0 Å². The molecule has 0 spiro atoms. The summed E-state index contributed by atoms with van der Waals surface area (Å²) in [6.07, 6.45) is 4.12. The summed E-state index contributed by atoms with van der Waals surface area (Å²) in [5.41, 5.74) is 0. The minimum atomic E-state index is -0.674. The van der Waals surface area contributed by atoms with Crippen molar-refractivity contribution in [3.05, 3.63) is 0 Å². The number of carboxylic acids is 1. The average Bonchev–Trinajstić information content (AvgIpc) is 2.10. The van der Waals surface area contributed by atoms with E-state index >= 15 is 0 Å². The summed E-state index contributed by atoms with van der Waals surface area (Å²) in [5.74, 6) is 0.970. The maximum absolute atomic E-state index is 10.6. The van der Waals surface area contributed by atoms with E-state index in [9.17, 15) is 4.79 Å². The average molecular weight is 230 g/mol. The number of rotatable bonds is 4. The molecule has 0 aliphatic heterocycles. The topological polar surface area (TPSA) is 37.3 Å². The van der Waals surface area contributed by atoms with Crippen molar-refractivity contribution in [3.63, 3.8) is 0 Å². The van der Waals surface area contributed by atoms with Crippen LogP contribution in [0.1, 0.15) is 46.5 Å². The largest absolute Gasteiger partial charge is 0.481 e. The molecule has 1 aliphatic rings. The molecule has 88 valence electrons. The lowest BCUT2D eigenvalue weighted by molar-refractivity contribution is -0.136. The molecule has 1 saturated carbocycles. The van der Waals surface area contributed by atoms with E-state index < -0.39 is 5.97 Å². The monoisotopic (exact) mass is 230 g/mol. The van der Waals surface area contributed by atoms with E-state index in [0.717, 1.165) is 11.8 Å². The molecule has 0 aromatic rings. The molecule has 0 bridgehead atoms. The van der Waals surface area contributed by atoms with Crippen molar-refractivity contribution in [2.45, 2.75) is 57.0 Å². The molecule has 0 radical (unpaired) electrons. The van der Waals surface area contributed by atoms with Gasteiger partial charge in [-0.25, -0.2) is 0 Å². The van der Waals surface area contributed by atoms with Gasteiger partial charge < -0.3 is 5.11 Å². The zero-order valence-corrected chi connectivity index (χ0v) is 10.7. The first-order valence-electron chi connectivity index (χ1n) is 5.86. The summed E-state index contributed by atoms with van der Waals surface area (Å²) in [7, 11) is 0. The van der Waals surface area contributed by atoms with Crippen LogP contribution in [0, 0.1) is 11.8 Å². The van der Waals surface area contributed by atoms with E-state index in [1.165, 1.54) is 19.3 Å². The van der Waals surface area contributed by atoms with Gasteiger partial charge in [0, 0.05) is 10.5 Å². The van der Waals surface area contributed by atoms with Crippen LogP contribution in [0.2, 0.25) is 0 Å². The van der Waals surface area contributed by atoms with E-state index in [2.05, 4.69) is 13.8 Å². The van der Waals surface area contributed by atoms with Crippen molar-refractivity contribution in [1.29, 1.82) is 0 Å². The predicted molar refractivity (Wildman–Crippen MR) is 65.3 cm³/mol. The Kier molecular flexibility index (Phi) is 4.97. The highest BCUT2D eigenvalue weighted by atomic mass is 32.2. The second-order valence-corrected chi connectivity index (χ2v) is 6.68. The van der Waals surface area contributed by atoms with Gasteiger partial charge in [-0.1, -0.05) is 20.8 Å². The van der Waals surface area contributed by atoms with Crippen LogP contribution in [0.5, 0.6) is 0 Å². The molecule has 4 atom stereocenters. The molecule has 0 aromatic carbocycles. The molecule has 0 aromatic heterocycles. The Morgan fingerprint density at radius 2 is 2.07 bits per heavy atom. The van der Waals surface area contributed by atoms with E-state index in [4.69, 9.17) is 5.11 Å². The van der Waals surface area contributed by atoms with Gasteiger partial charge in [-0.05, 0) is 31.1 Å². The van der Waals surface area contributed by atoms with Crippen molar-refractivity contribution in [2.75, 3.05) is 0 Å². The number of aliphatic carboxylic acids is 1. The molecular weight excluding hydrogens is 208 g/mol. The molecule has 1 N–H and O–H groups in total. The van der Waals surface area contributed by atoms with Gasteiger partial charge in [0.2, 0.25) is 0 Å². The highest BCUT2D eigenvalue weighted by Gasteiger charge is 2.26. The van der Waals surface area contributed by atoms with E-state index in [1.807, 2.05) is 18.7 Å². The highest BCUT2D eigenvalue weighted by molar-refractivity contribution is 8.00. The highest BCUT2D eigenvalue weighted by Crippen LogP contribution is 2.37.